The van der Waals surface area contributed by atoms with Gasteiger partial charge in [0.15, 0.2) is 5.96 Å². The van der Waals surface area contributed by atoms with E-state index in [2.05, 4.69) is 32.7 Å². The fraction of sp³-hybridized carbons (Fsp3) is 0.409. The first-order chi connectivity index (χ1) is 13.6. The predicted octanol–water partition coefficient (Wildman–Crippen LogP) is 3.51. The van der Waals surface area contributed by atoms with Gasteiger partial charge in [-0.15, -0.1) is 24.0 Å². The van der Waals surface area contributed by atoms with Crippen molar-refractivity contribution in [1.29, 1.82) is 0 Å². The lowest BCUT2D eigenvalue weighted by molar-refractivity contribution is 0.259. The molecule has 0 fully saturated rings. The third kappa shape index (κ3) is 8.91. The van der Waals surface area contributed by atoms with E-state index in [9.17, 15) is 0 Å². The molecule has 2 aromatic rings. The largest absolute Gasteiger partial charge is 0.494 e. The molecule has 2 aromatic carbocycles. The molecule has 29 heavy (non-hydrogen) atoms. The Hall–Kier alpha value is -2.00. The van der Waals surface area contributed by atoms with Gasteiger partial charge in [-0.1, -0.05) is 36.4 Å². The average Bonchev–Trinajstić information content (AvgIpc) is 2.70. The van der Waals surface area contributed by atoms with Crippen LogP contribution in [0.15, 0.2) is 53.5 Å². The second-order valence-electron chi connectivity index (χ2n) is 6.58. The van der Waals surface area contributed by atoms with Gasteiger partial charge >= 0.3 is 0 Å². The number of benzene rings is 2. The molecule has 0 bridgehead atoms. The second-order valence-corrected chi connectivity index (χ2v) is 6.58. The molecule has 2 N–H and O–H groups in total. The molecule has 0 radical (unpaired) electrons. The molecule has 0 aromatic heterocycles. The van der Waals surface area contributed by atoms with Gasteiger partial charge < -0.3 is 25.0 Å². The van der Waals surface area contributed by atoms with E-state index in [1.54, 1.807) is 7.05 Å². The molecular formula is C22H33IN4O2. The molecule has 2 rings (SSSR count). The lowest BCUT2D eigenvalue weighted by Gasteiger charge is -2.16. The molecule has 0 spiro atoms. The zero-order valence-corrected chi connectivity index (χ0v) is 20.1. The predicted molar refractivity (Wildman–Crippen MR) is 131 cm³/mol. The Kier molecular flexibility index (Phi) is 12.1. The van der Waals surface area contributed by atoms with Crippen molar-refractivity contribution in [3.8, 4) is 11.5 Å². The van der Waals surface area contributed by atoms with Gasteiger partial charge in [0, 0.05) is 37.8 Å². The van der Waals surface area contributed by atoms with E-state index in [-0.39, 0.29) is 24.0 Å². The van der Waals surface area contributed by atoms with Crippen LogP contribution in [0.25, 0.3) is 0 Å². The highest BCUT2D eigenvalue weighted by Gasteiger charge is 2.07. The first kappa shape index (κ1) is 25.0. The first-order valence-electron chi connectivity index (χ1n) is 9.64. The zero-order chi connectivity index (χ0) is 20.2. The molecular weight excluding hydrogens is 479 g/mol. The topological polar surface area (TPSA) is 58.1 Å². The Morgan fingerprint density at radius 3 is 1.90 bits per heavy atom. The Bertz CT molecular complexity index is 753. The maximum atomic E-state index is 5.93. The molecule has 0 unspecified atom stereocenters. The van der Waals surface area contributed by atoms with Crippen molar-refractivity contribution in [2.75, 3.05) is 40.9 Å². The van der Waals surface area contributed by atoms with Crippen LogP contribution in [0.3, 0.4) is 0 Å². The van der Waals surface area contributed by atoms with E-state index in [1.165, 1.54) is 0 Å². The van der Waals surface area contributed by atoms with Crippen LogP contribution in [-0.2, 0) is 13.1 Å². The van der Waals surface area contributed by atoms with Gasteiger partial charge in [-0.05, 0) is 33.2 Å². The van der Waals surface area contributed by atoms with E-state index < -0.39 is 0 Å². The highest BCUT2D eigenvalue weighted by atomic mass is 127. The number of para-hydroxylation sites is 2. The molecule has 0 aliphatic heterocycles. The molecule has 0 saturated carbocycles. The number of hydrogen-bond acceptors (Lipinski definition) is 4. The fourth-order valence-corrected chi connectivity index (χ4v) is 2.65. The summed E-state index contributed by atoms with van der Waals surface area (Å²) >= 11 is 0. The smallest absolute Gasteiger partial charge is 0.191 e. The Morgan fingerprint density at radius 1 is 0.897 bits per heavy atom. The van der Waals surface area contributed by atoms with Crippen molar-refractivity contribution in [2.24, 2.45) is 4.99 Å². The molecule has 0 aliphatic rings. The summed E-state index contributed by atoms with van der Waals surface area (Å²) < 4.78 is 11.6. The molecule has 6 nitrogen and oxygen atoms in total. The average molecular weight is 512 g/mol. The van der Waals surface area contributed by atoms with Crippen LogP contribution in [-0.4, -0.2) is 51.8 Å². The molecule has 0 aliphatic carbocycles. The van der Waals surface area contributed by atoms with Crippen molar-refractivity contribution in [2.45, 2.75) is 20.0 Å². The van der Waals surface area contributed by atoms with Crippen LogP contribution in [0.1, 0.15) is 18.1 Å². The molecule has 0 heterocycles. The minimum Gasteiger partial charge on any atom is -0.494 e. The summed E-state index contributed by atoms with van der Waals surface area (Å²) in [4.78, 5) is 6.42. The number of rotatable bonds is 10. The molecule has 0 atom stereocenters. The second kappa shape index (κ2) is 14.1. The molecule has 7 heteroatoms. The van der Waals surface area contributed by atoms with Crippen LogP contribution < -0.4 is 20.1 Å². The monoisotopic (exact) mass is 512 g/mol. The normalized spacial score (nSPS) is 11.0. The molecule has 160 valence electrons. The number of hydrogen-bond donors (Lipinski definition) is 2. The lowest BCUT2D eigenvalue weighted by Crippen LogP contribution is -2.36. The van der Waals surface area contributed by atoms with Crippen molar-refractivity contribution >= 4 is 29.9 Å². The number of aliphatic imine (C=N–C) groups is 1. The number of halogens is 1. The summed E-state index contributed by atoms with van der Waals surface area (Å²) in [5.74, 6) is 2.52. The summed E-state index contributed by atoms with van der Waals surface area (Å²) in [7, 11) is 5.84. The van der Waals surface area contributed by atoms with Crippen LogP contribution in [0.2, 0.25) is 0 Å². The minimum atomic E-state index is 0. The van der Waals surface area contributed by atoms with Gasteiger partial charge in [0.2, 0.25) is 0 Å². The van der Waals surface area contributed by atoms with E-state index in [0.717, 1.165) is 35.1 Å². The fourth-order valence-electron chi connectivity index (χ4n) is 2.65. The van der Waals surface area contributed by atoms with Gasteiger partial charge in [0.05, 0.1) is 6.61 Å². The molecule has 0 saturated heterocycles. The van der Waals surface area contributed by atoms with Gasteiger partial charge in [-0.3, -0.25) is 4.99 Å². The third-order valence-electron chi connectivity index (χ3n) is 4.16. The van der Waals surface area contributed by atoms with Crippen LogP contribution >= 0.6 is 24.0 Å². The SMILES string of the molecule is CCOc1ccccc1CNC(=NC)NCc1ccccc1OCCN(C)C.I. The number of nitrogens with zero attached hydrogens (tertiary/aromatic N) is 2. The lowest BCUT2D eigenvalue weighted by atomic mass is 10.2. The number of nitrogens with one attached hydrogen (secondary N) is 2. The highest BCUT2D eigenvalue weighted by Crippen LogP contribution is 2.18. The van der Waals surface area contributed by atoms with Crippen LogP contribution in [0.4, 0.5) is 0 Å². The maximum Gasteiger partial charge on any atom is 0.191 e. The van der Waals surface area contributed by atoms with Crippen molar-refractivity contribution in [1.82, 2.24) is 15.5 Å². The van der Waals surface area contributed by atoms with Gasteiger partial charge in [-0.25, -0.2) is 0 Å². The molecule has 0 amide bonds. The Morgan fingerprint density at radius 2 is 1.41 bits per heavy atom. The number of guanidine groups is 1. The quantitative estimate of drug-likeness (QED) is 0.290. The standard InChI is InChI=1S/C22H32N4O2.HI/c1-5-27-20-12-8-6-10-18(20)16-24-22(23-2)25-17-19-11-7-9-13-21(19)28-15-14-26(3)4;/h6-13H,5,14-17H2,1-4H3,(H2,23,24,25);1H. The van der Waals surface area contributed by atoms with Crippen LogP contribution in [0.5, 0.6) is 11.5 Å². The zero-order valence-electron chi connectivity index (χ0n) is 17.8. The van der Waals surface area contributed by atoms with Crippen molar-refractivity contribution in [3.63, 3.8) is 0 Å². The summed E-state index contributed by atoms with van der Waals surface area (Å²) in [5.41, 5.74) is 2.19. The van der Waals surface area contributed by atoms with E-state index in [1.807, 2.05) is 57.4 Å². The number of ether oxygens (including phenoxy) is 2. The summed E-state index contributed by atoms with van der Waals surface area (Å²) in [5, 5.41) is 6.70. The summed E-state index contributed by atoms with van der Waals surface area (Å²) in [6.07, 6.45) is 0. The van der Waals surface area contributed by atoms with E-state index in [4.69, 9.17) is 9.47 Å². The van der Waals surface area contributed by atoms with Crippen LogP contribution in [0, 0.1) is 0 Å². The van der Waals surface area contributed by atoms with Crippen molar-refractivity contribution in [3.05, 3.63) is 59.7 Å². The highest BCUT2D eigenvalue weighted by molar-refractivity contribution is 14.0. The first-order valence-corrected chi connectivity index (χ1v) is 9.64. The van der Waals surface area contributed by atoms with E-state index in [0.29, 0.717) is 26.3 Å². The minimum absolute atomic E-state index is 0. The number of likely N-dealkylation sites (N-methyl/N-ethyl adjacent to an activating group) is 1. The Balaban J connectivity index is 0.00000420. The van der Waals surface area contributed by atoms with Gasteiger partial charge in [0.25, 0.3) is 0 Å². The maximum absolute atomic E-state index is 5.93. The van der Waals surface area contributed by atoms with Gasteiger partial charge in [-0.2, -0.15) is 0 Å². The Labute approximate surface area is 191 Å². The summed E-state index contributed by atoms with van der Waals surface area (Å²) in [6.45, 7) is 5.44. The van der Waals surface area contributed by atoms with Crippen molar-refractivity contribution < 1.29 is 9.47 Å². The van der Waals surface area contributed by atoms with Gasteiger partial charge in [0.1, 0.15) is 18.1 Å². The third-order valence-corrected chi connectivity index (χ3v) is 4.16. The summed E-state index contributed by atoms with van der Waals surface area (Å²) in [6, 6.07) is 16.1. The van der Waals surface area contributed by atoms with E-state index >= 15 is 0 Å².